The summed E-state index contributed by atoms with van der Waals surface area (Å²) in [7, 11) is 1.64. The second-order valence-corrected chi connectivity index (χ2v) is 5.59. The summed E-state index contributed by atoms with van der Waals surface area (Å²) in [6, 6.07) is 5.96. The number of amides is 1. The Kier molecular flexibility index (Phi) is 7.13. The van der Waals surface area contributed by atoms with Crippen molar-refractivity contribution in [3.8, 4) is 5.75 Å². The summed E-state index contributed by atoms with van der Waals surface area (Å²) in [6.07, 6.45) is 1.36. The molecule has 6 heteroatoms. The summed E-state index contributed by atoms with van der Waals surface area (Å²) >= 11 is 0. The Bertz CT molecular complexity index is 502. The maximum atomic E-state index is 12.5. The molecule has 1 aliphatic rings. The molecule has 1 aromatic rings. The number of nitrogens with two attached hydrogens (primary N) is 1. The van der Waals surface area contributed by atoms with Gasteiger partial charge in [-0.3, -0.25) is 4.79 Å². The number of halogens is 1. The first-order valence-electron chi connectivity index (χ1n) is 7.31. The van der Waals surface area contributed by atoms with Gasteiger partial charge in [-0.1, -0.05) is 12.1 Å². The third kappa shape index (κ3) is 4.12. The maximum absolute atomic E-state index is 12.5. The van der Waals surface area contributed by atoms with Crippen LogP contribution in [0.25, 0.3) is 0 Å². The number of rotatable bonds is 5. The third-order valence-electron chi connectivity index (χ3n) is 4.20. The Morgan fingerprint density at radius 2 is 2.09 bits per heavy atom. The molecule has 2 rings (SSSR count). The minimum atomic E-state index is -0.490. The zero-order chi connectivity index (χ0) is 15.3. The van der Waals surface area contributed by atoms with Crippen molar-refractivity contribution in [3.63, 3.8) is 0 Å². The van der Waals surface area contributed by atoms with Gasteiger partial charge in [0.2, 0.25) is 5.91 Å². The van der Waals surface area contributed by atoms with Crippen LogP contribution in [0.15, 0.2) is 18.2 Å². The Balaban J connectivity index is 0.00000242. The number of nitrogens with one attached hydrogen (secondary N) is 1. The molecule has 5 nitrogen and oxygen atoms in total. The highest BCUT2D eigenvalue weighted by Gasteiger charge is 2.38. The number of carbonyl (C=O) groups excluding carboxylic acids is 1. The predicted molar refractivity (Wildman–Crippen MR) is 88.4 cm³/mol. The lowest BCUT2D eigenvalue weighted by Crippen LogP contribution is -2.49. The van der Waals surface area contributed by atoms with Gasteiger partial charge in [-0.25, -0.2) is 0 Å². The average molecular weight is 329 g/mol. The molecule has 1 heterocycles. The van der Waals surface area contributed by atoms with E-state index in [4.69, 9.17) is 15.2 Å². The van der Waals surface area contributed by atoms with Crippen LogP contribution in [-0.4, -0.2) is 32.8 Å². The molecule has 0 radical (unpaired) electrons. The predicted octanol–water partition coefficient (Wildman–Crippen LogP) is 1.80. The molecule has 3 N–H and O–H groups in total. The Labute approximate surface area is 138 Å². The number of carbonyl (C=O) groups is 1. The highest BCUT2D eigenvalue weighted by molar-refractivity contribution is 5.85. The van der Waals surface area contributed by atoms with Gasteiger partial charge in [0.15, 0.2) is 0 Å². The van der Waals surface area contributed by atoms with Crippen LogP contribution < -0.4 is 15.8 Å². The smallest absolute Gasteiger partial charge is 0.227 e. The van der Waals surface area contributed by atoms with Gasteiger partial charge >= 0.3 is 0 Å². The Morgan fingerprint density at radius 3 is 2.68 bits per heavy atom. The van der Waals surface area contributed by atoms with Gasteiger partial charge in [0.1, 0.15) is 5.75 Å². The third-order valence-corrected chi connectivity index (χ3v) is 4.20. The van der Waals surface area contributed by atoms with E-state index in [2.05, 4.69) is 5.32 Å². The van der Waals surface area contributed by atoms with E-state index < -0.39 is 5.41 Å². The second-order valence-electron chi connectivity index (χ2n) is 5.59. The molecule has 0 unspecified atom stereocenters. The fourth-order valence-electron chi connectivity index (χ4n) is 2.65. The summed E-state index contributed by atoms with van der Waals surface area (Å²) in [5.41, 5.74) is 7.45. The number of aryl methyl sites for hydroxylation is 1. The molecular formula is C16H25ClN2O3. The highest BCUT2D eigenvalue weighted by atomic mass is 35.5. The SMILES string of the molecule is COc1cc(C)ccc1CNC(=O)C1(CN)CCOCC1.Cl. The van der Waals surface area contributed by atoms with Crippen LogP contribution >= 0.6 is 12.4 Å². The van der Waals surface area contributed by atoms with Crippen molar-refractivity contribution in [1.82, 2.24) is 5.32 Å². The van der Waals surface area contributed by atoms with Crippen LogP contribution in [0.4, 0.5) is 0 Å². The molecule has 0 saturated carbocycles. The van der Waals surface area contributed by atoms with Crippen molar-refractivity contribution >= 4 is 18.3 Å². The van der Waals surface area contributed by atoms with E-state index in [1.165, 1.54) is 0 Å². The zero-order valence-electron chi connectivity index (χ0n) is 13.2. The van der Waals surface area contributed by atoms with Crippen molar-refractivity contribution in [3.05, 3.63) is 29.3 Å². The quantitative estimate of drug-likeness (QED) is 0.864. The number of ether oxygens (including phenoxy) is 2. The molecule has 0 atom stereocenters. The number of methoxy groups -OCH3 is 1. The van der Waals surface area contributed by atoms with Crippen molar-refractivity contribution in [2.75, 3.05) is 26.9 Å². The summed E-state index contributed by atoms with van der Waals surface area (Å²) in [5.74, 6) is 0.806. The number of hydrogen-bond acceptors (Lipinski definition) is 4. The first-order valence-corrected chi connectivity index (χ1v) is 7.31. The van der Waals surface area contributed by atoms with Gasteiger partial charge in [0.05, 0.1) is 12.5 Å². The van der Waals surface area contributed by atoms with Crippen molar-refractivity contribution in [2.24, 2.45) is 11.1 Å². The molecule has 1 aliphatic heterocycles. The number of benzene rings is 1. The van der Waals surface area contributed by atoms with E-state index in [-0.39, 0.29) is 18.3 Å². The van der Waals surface area contributed by atoms with E-state index in [1.54, 1.807) is 7.11 Å². The lowest BCUT2D eigenvalue weighted by atomic mass is 9.79. The Hall–Kier alpha value is -1.30. The molecule has 1 amide bonds. The second kappa shape index (κ2) is 8.36. The molecule has 124 valence electrons. The molecule has 1 saturated heterocycles. The van der Waals surface area contributed by atoms with Crippen LogP contribution in [0, 0.1) is 12.3 Å². The summed E-state index contributed by atoms with van der Waals surface area (Å²) in [4.78, 5) is 12.5. The van der Waals surface area contributed by atoms with Gasteiger partial charge in [0, 0.05) is 31.9 Å². The van der Waals surface area contributed by atoms with Gasteiger partial charge in [-0.15, -0.1) is 12.4 Å². The van der Waals surface area contributed by atoms with Crippen LogP contribution in [0.3, 0.4) is 0 Å². The normalized spacial score (nSPS) is 16.5. The molecule has 1 aromatic carbocycles. The molecule has 0 aliphatic carbocycles. The van der Waals surface area contributed by atoms with Crippen LogP contribution in [0.2, 0.25) is 0 Å². The standard InChI is InChI=1S/C16H24N2O3.ClH/c1-12-3-4-13(14(9-12)20-2)10-18-15(19)16(11-17)5-7-21-8-6-16;/h3-4,9H,5-8,10-11,17H2,1-2H3,(H,18,19);1H. The Morgan fingerprint density at radius 1 is 1.41 bits per heavy atom. The lowest BCUT2D eigenvalue weighted by molar-refractivity contribution is -0.136. The molecule has 1 fully saturated rings. The van der Waals surface area contributed by atoms with Crippen molar-refractivity contribution < 1.29 is 14.3 Å². The molecule has 0 bridgehead atoms. The summed E-state index contributed by atoms with van der Waals surface area (Å²) < 4.78 is 10.7. The first kappa shape index (κ1) is 18.7. The van der Waals surface area contributed by atoms with E-state index in [9.17, 15) is 4.79 Å². The number of hydrogen-bond donors (Lipinski definition) is 2. The summed E-state index contributed by atoms with van der Waals surface area (Å²) in [6.45, 7) is 4.01. The van der Waals surface area contributed by atoms with E-state index in [1.807, 2.05) is 25.1 Å². The minimum absolute atomic E-state index is 0. The lowest BCUT2D eigenvalue weighted by Gasteiger charge is -2.34. The average Bonchev–Trinajstić information content (AvgIpc) is 2.53. The van der Waals surface area contributed by atoms with Gasteiger partial charge in [-0.2, -0.15) is 0 Å². The molecule has 22 heavy (non-hydrogen) atoms. The largest absolute Gasteiger partial charge is 0.496 e. The van der Waals surface area contributed by atoms with Gasteiger partial charge in [-0.05, 0) is 31.4 Å². The van der Waals surface area contributed by atoms with Crippen LogP contribution in [0.1, 0.15) is 24.0 Å². The topological polar surface area (TPSA) is 73.6 Å². The first-order chi connectivity index (χ1) is 10.1. The molecule has 0 aromatic heterocycles. The fourth-order valence-corrected chi connectivity index (χ4v) is 2.65. The van der Waals surface area contributed by atoms with Crippen molar-refractivity contribution in [1.29, 1.82) is 0 Å². The molecular weight excluding hydrogens is 304 g/mol. The van der Waals surface area contributed by atoms with E-state index in [0.29, 0.717) is 39.1 Å². The minimum Gasteiger partial charge on any atom is -0.496 e. The van der Waals surface area contributed by atoms with Crippen LogP contribution in [-0.2, 0) is 16.1 Å². The maximum Gasteiger partial charge on any atom is 0.227 e. The monoisotopic (exact) mass is 328 g/mol. The van der Waals surface area contributed by atoms with Gasteiger partial charge in [0.25, 0.3) is 0 Å². The molecule has 0 spiro atoms. The van der Waals surface area contributed by atoms with E-state index >= 15 is 0 Å². The van der Waals surface area contributed by atoms with Crippen molar-refractivity contribution in [2.45, 2.75) is 26.3 Å². The zero-order valence-corrected chi connectivity index (χ0v) is 14.0. The summed E-state index contributed by atoms with van der Waals surface area (Å²) in [5, 5.41) is 3.00. The highest BCUT2D eigenvalue weighted by Crippen LogP contribution is 2.30. The van der Waals surface area contributed by atoms with Crippen LogP contribution in [0.5, 0.6) is 5.75 Å². The van der Waals surface area contributed by atoms with Gasteiger partial charge < -0.3 is 20.5 Å². The fraction of sp³-hybridized carbons (Fsp3) is 0.562. The van der Waals surface area contributed by atoms with E-state index in [0.717, 1.165) is 16.9 Å².